The summed E-state index contributed by atoms with van der Waals surface area (Å²) in [7, 11) is 0. The van der Waals surface area contributed by atoms with Crippen LogP contribution in [0.15, 0.2) is 84.9 Å². The molecule has 156 valence electrons. The normalized spacial score (nSPS) is 16.8. The lowest BCUT2D eigenvalue weighted by Gasteiger charge is -2.12. The fraction of sp³-hybridized carbons (Fsp3) is 0.0455. The number of carbonyl (C=O) groups is 1. The highest BCUT2D eigenvalue weighted by molar-refractivity contribution is 9.10. The number of rotatable bonds is 5. The summed E-state index contributed by atoms with van der Waals surface area (Å²) < 4.78 is 6.35. The summed E-state index contributed by atoms with van der Waals surface area (Å²) in [4.78, 5) is 15.1. The number of halogens is 2. The monoisotopic (exact) mass is 515 g/mol. The first-order valence-corrected chi connectivity index (χ1v) is 11.1. The first-order valence-electron chi connectivity index (χ1n) is 9.08. The molecule has 9 heteroatoms. The second-order valence-electron chi connectivity index (χ2n) is 6.46. The van der Waals surface area contributed by atoms with Crippen LogP contribution in [0.25, 0.3) is 6.08 Å². The Morgan fingerprint density at radius 3 is 2.74 bits per heavy atom. The molecule has 6 nitrogen and oxygen atoms in total. The van der Waals surface area contributed by atoms with Gasteiger partial charge in [-0.25, -0.2) is 0 Å². The molecule has 4 rings (SSSR count). The molecule has 0 bridgehead atoms. The molecule has 0 radical (unpaired) electrons. The van der Waals surface area contributed by atoms with E-state index in [1.54, 1.807) is 30.5 Å². The maximum atomic E-state index is 13.0. The Kier molecular flexibility index (Phi) is 6.60. The van der Waals surface area contributed by atoms with Gasteiger partial charge in [0.05, 0.1) is 23.9 Å². The topological polar surface area (TPSA) is 78.4 Å². The summed E-state index contributed by atoms with van der Waals surface area (Å²) >= 11 is 10.6. The molecule has 1 aliphatic heterocycles. The van der Waals surface area contributed by atoms with Crippen LogP contribution in [0.1, 0.15) is 16.9 Å². The second-order valence-corrected chi connectivity index (χ2v) is 8.82. The van der Waals surface area contributed by atoms with E-state index in [2.05, 4.69) is 26.1 Å². The molecule has 2 aromatic carbocycles. The predicted molar refractivity (Wildman–Crippen MR) is 127 cm³/mol. The average Bonchev–Trinajstić information content (AvgIpc) is 3.36. The molecule has 0 aliphatic carbocycles. The number of hydrogen-bond donors (Lipinski definition) is 1. The molecule has 0 unspecified atom stereocenters. The van der Waals surface area contributed by atoms with E-state index in [-0.39, 0.29) is 18.2 Å². The van der Waals surface area contributed by atoms with Gasteiger partial charge in [-0.15, -0.1) is 5.10 Å². The van der Waals surface area contributed by atoms with Gasteiger partial charge in [0.25, 0.3) is 5.91 Å². The number of amides is 1. The zero-order valence-corrected chi connectivity index (χ0v) is 19.1. The van der Waals surface area contributed by atoms with E-state index in [1.165, 1.54) is 28.9 Å². The van der Waals surface area contributed by atoms with Crippen LogP contribution < -0.4 is 0 Å². The molecule has 0 atom stereocenters. The molecule has 0 saturated carbocycles. The standard InChI is InChI=1S/C22H15BrClN3O3S/c23-16-5-3-14(4-6-16)10-20-21(29)27(13-18-2-1-9-30-18)22(31-20)26-25-12-15-11-17(24)7-8-19(15)28/h1-12,28H,13H2/b20-10-,25-12+,26-22-. The van der Waals surface area contributed by atoms with Gasteiger partial charge in [0.15, 0.2) is 5.17 Å². The largest absolute Gasteiger partial charge is 0.507 e. The Bertz CT molecular complexity index is 1190. The van der Waals surface area contributed by atoms with E-state index in [0.29, 0.717) is 26.4 Å². The van der Waals surface area contributed by atoms with E-state index in [9.17, 15) is 9.90 Å². The van der Waals surface area contributed by atoms with Crippen LogP contribution in [-0.4, -0.2) is 27.3 Å². The zero-order chi connectivity index (χ0) is 21.8. The Morgan fingerprint density at radius 2 is 2.00 bits per heavy atom. The summed E-state index contributed by atoms with van der Waals surface area (Å²) in [5.41, 5.74) is 1.32. The first kappa shape index (κ1) is 21.4. The lowest BCUT2D eigenvalue weighted by molar-refractivity contribution is -0.122. The quantitative estimate of drug-likeness (QED) is 0.260. The van der Waals surface area contributed by atoms with Crippen molar-refractivity contribution in [3.63, 3.8) is 0 Å². The van der Waals surface area contributed by atoms with E-state index >= 15 is 0 Å². The van der Waals surface area contributed by atoms with Crippen molar-refractivity contribution in [3.05, 3.63) is 92.1 Å². The molecule has 1 aliphatic rings. The molecule has 1 saturated heterocycles. The van der Waals surface area contributed by atoms with E-state index in [1.807, 2.05) is 30.3 Å². The van der Waals surface area contributed by atoms with E-state index in [4.69, 9.17) is 16.0 Å². The molecular formula is C22H15BrClN3O3S. The summed E-state index contributed by atoms with van der Waals surface area (Å²) in [6.45, 7) is 0.229. The molecule has 3 aromatic rings. The van der Waals surface area contributed by atoms with Gasteiger partial charge in [-0.05, 0) is 65.9 Å². The van der Waals surface area contributed by atoms with E-state index < -0.39 is 0 Å². The number of phenolic OH excluding ortho intramolecular Hbond substituents is 1. The van der Waals surface area contributed by atoms with Gasteiger partial charge in [-0.3, -0.25) is 9.69 Å². The van der Waals surface area contributed by atoms with Crippen LogP contribution in [0.3, 0.4) is 0 Å². The average molecular weight is 517 g/mol. The third-order valence-corrected chi connectivity index (χ3v) is 6.04. The Labute approximate surface area is 196 Å². The maximum Gasteiger partial charge on any atom is 0.267 e. The minimum Gasteiger partial charge on any atom is -0.507 e. The first-order chi connectivity index (χ1) is 15.0. The van der Waals surface area contributed by atoms with Gasteiger partial charge < -0.3 is 9.52 Å². The molecule has 1 amide bonds. The van der Waals surface area contributed by atoms with Crippen molar-refractivity contribution in [2.75, 3.05) is 0 Å². The number of phenols is 1. The summed E-state index contributed by atoms with van der Waals surface area (Å²) in [5, 5.41) is 19.1. The van der Waals surface area contributed by atoms with Crippen LogP contribution in [0.4, 0.5) is 0 Å². The van der Waals surface area contributed by atoms with Gasteiger partial charge in [0, 0.05) is 15.1 Å². The lowest BCUT2D eigenvalue weighted by Crippen LogP contribution is -2.28. The van der Waals surface area contributed by atoms with Crippen LogP contribution in [0.5, 0.6) is 5.75 Å². The van der Waals surface area contributed by atoms with Crippen LogP contribution in [0, 0.1) is 0 Å². The molecule has 2 heterocycles. The Hall–Kier alpha value is -2.81. The fourth-order valence-corrected chi connectivity index (χ4v) is 4.14. The highest BCUT2D eigenvalue weighted by atomic mass is 79.9. The number of amidine groups is 1. The smallest absolute Gasteiger partial charge is 0.267 e. The van der Waals surface area contributed by atoms with Crippen LogP contribution >= 0.6 is 39.3 Å². The third-order valence-electron chi connectivity index (χ3n) is 4.28. The number of hydrogen-bond acceptors (Lipinski definition) is 6. The minimum absolute atomic E-state index is 0.0340. The number of thioether (sulfide) groups is 1. The number of aromatic hydroxyl groups is 1. The van der Waals surface area contributed by atoms with Crippen LogP contribution in [-0.2, 0) is 11.3 Å². The van der Waals surface area contributed by atoms with E-state index in [0.717, 1.165) is 10.0 Å². The SMILES string of the molecule is O=C1/C(=C/c2ccc(Br)cc2)S/C(=N\N=C\c2cc(Cl)ccc2O)N1Cc1ccco1. The zero-order valence-electron chi connectivity index (χ0n) is 15.9. The number of furan rings is 1. The number of benzene rings is 2. The maximum absolute atomic E-state index is 13.0. The second kappa shape index (κ2) is 9.55. The summed E-state index contributed by atoms with van der Waals surface area (Å²) in [6, 6.07) is 15.8. The Balaban J connectivity index is 1.63. The summed E-state index contributed by atoms with van der Waals surface area (Å²) in [6.07, 6.45) is 4.75. The number of nitrogens with zero attached hydrogens (tertiary/aromatic N) is 3. The van der Waals surface area contributed by atoms with Crippen molar-refractivity contribution in [2.24, 2.45) is 10.2 Å². The van der Waals surface area contributed by atoms with Gasteiger partial charge in [-0.1, -0.05) is 39.7 Å². The van der Waals surface area contributed by atoms with Crippen molar-refractivity contribution >= 4 is 62.7 Å². The molecule has 31 heavy (non-hydrogen) atoms. The van der Waals surface area contributed by atoms with Gasteiger partial charge in [0.2, 0.25) is 0 Å². The molecule has 1 N–H and O–H groups in total. The van der Waals surface area contributed by atoms with Crippen LogP contribution in [0.2, 0.25) is 5.02 Å². The molecule has 0 spiro atoms. The lowest BCUT2D eigenvalue weighted by atomic mass is 10.2. The highest BCUT2D eigenvalue weighted by Crippen LogP contribution is 2.34. The highest BCUT2D eigenvalue weighted by Gasteiger charge is 2.34. The van der Waals surface area contributed by atoms with Gasteiger partial charge in [0.1, 0.15) is 11.5 Å². The van der Waals surface area contributed by atoms with Gasteiger partial charge >= 0.3 is 0 Å². The van der Waals surface area contributed by atoms with Crippen molar-refractivity contribution in [1.29, 1.82) is 0 Å². The third kappa shape index (κ3) is 5.28. The predicted octanol–water partition coefficient (Wildman–Crippen LogP) is 5.91. The summed E-state index contributed by atoms with van der Waals surface area (Å²) in [5.74, 6) is 0.471. The van der Waals surface area contributed by atoms with Crippen molar-refractivity contribution in [1.82, 2.24) is 4.90 Å². The van der Waals surface area contributed by atoms with Crippen molar-refractivity contribution < 1.29 is 14.3 Å². The van der Waals surface area contributed by atoms with Crippen molar-refractivity contribution in [3.8, 4) is 5.75 Å². The molecule has 1 aromatic heterocycles. The minimum atomic E-state index is -0.191. The Morgan fingerprint density at radius 1 is 1.19 bits per heavy atom. The van der Waals surface area contributed by atoms with Gasteiger partial charge in [-0.2, -0.15) is 5.10 Å². The molecule has 1 fully saturated rings. The fourth-order valence-electron chi connectivity index (χ4n) is 2.76. The number of carbonyl (C=O) groups excluding carboxylic acids is 1. The van der Waals surface area contributed by atoms with Crippen molar-refractivity contribution in [2.45, 2.75) is 6.54 Å². The molecular weight excluding hydrogens is 502 g/mol.